The molecule has 0 atom stereocenters. The Morgan fingerprint density at radius 3 is 2.50 bits per heavy atom. The quantitative estimate of drug-likeness (QED) is 0.274. The molecule has 6 nitrogen and oxygen atoms in total. The molecule has 0 saturated carbocycles. The minimum atomic E-state index is -0.551. The standard InChI is InChI=1S/C25H18BrNO5/c1-15-7-10-17(11-8-15)24(28)31-21-12-9-16(14-22(21)30-2)13-20-25(29)32-23(27-20)18-5-3-4-6-19(18)26/h3-14H,1-2H3/b20-13-. The second-order valence-corrected chi connectivity index (χ2v) is 7.84. The van der Waals surface area contributed by atoms with Gasteiger partial charge in [0.1, 0.15) is 0 Å². The highest BCUT2D eigenvalue weighted by Gasteiger charge is 2.25. The van der Waals surface area contributed by atoms with Gasteiger partial charge in [-0.1, -0.05) is 35.9 Å². The number of halogens is 1. The van der Waals surface area contributed by atoms with E-state index < -0.39 is 11.9 Å². The zero-order valence-corrected chi connectivity index (χ0v) is 18.9. The molecule has 4 rings (SSSR count). The Bertz CT molecular complexity index is 1260. The van der Waals surface area contributed by atoms with Crippen molar-refractivity contribution >= 4 is 39.8 Å². The van der Waals surface area contributed by atoms with Crippen LogP contribution in [0.5, 0.6) is 11.5 Å². The van der Waals surface area contributed by atoms with Crippen molar-refractivity contribution in [1.29, 1.82) is 0 Å². The molecule has 3 aromatic carbocycles. The lowest BCUT2D eigenvalue weighted by Gasteiger charge is -2.10. The zero-order chi connectivity index (χ0) is 22.7. The van der Waals surface area contributed by atoms with Crippen molar-refractivity contribution in [1.82, 2.24) is 0 Å². The van der Waals surface area contributed by atoms with Crippen LogP contribution in [-0.2, 0) is 9.53 Å². The van der Waals surface area contributed by atoms with E-state index in [4.69, 9.17) is 14.2 Å². The third-order valence-corrected chi connectivity index (χ3v) is 5.40. The highest BCUT2D eigenvalue weighted by atomic mass is 79.9. The lowest BCUT2D eigenvalue weighted by molar-refractivity contribution is -0.129. The molecule has 1 aliphatic heterocycles. The molecule has 0 aromatic heterocycles. The fourth-order valence-corrected chi connectivity index (χ4v) is 3.48. The number of cyclic esters (lactones) is 1. The van der Waals surface area contributed by atoms with E-state index in [0.717, 1.165) is 10.0 Å². The maximum absolute atomic E-state index is 12.4. The minimum absolute atomic E-state index is 0.155. The van der Waals surface area contributed by atoms with E-state index in [1.54, 1.807) is 42.5 Å². The number of carbonyl (C=O) groups excluding carboxylic acids is 2. The molecule has 1 aliphatic rings. The summed E-state index contributed by atoms with van der Waals surface area (Å²) in [7, 11) is 1.47. The lowest BCUT2D eigenvalue weighted by Crippen LogP contribution is -2.09. The van der Waals surface area contributed by atoms with Crippen LogP contribution < -0.4 is 9.47 Å². The first-order valence-corrected chi connectivity index (χ1v) is 10.5. The molecular formula is C25H18BrNO5. The molecule has 0 spiro atoms. The smallest absolute Gasteiger partial charge is 0.363 e. The topological polar surface area (TPSA) is 74.2 Å². The summed E-state index contributed by atoms with van der Waals surface area (Å²) in [6.07, 6.45) is 1.58. The van der Waals surface area contributed by atoms with Crippen LogP contribution in [0.15, 0.2) is 81.9 Å². The van der Waals surface area contributed by atoms with Gasteiger partial charge in [0.25, 0.3) is 0 Å². The van der Waals surface area contributed by atoms with Crippen LogP contribution in [0, 0.1) is 6.92 Å². The second-order valence-electron chi connectivity index (χ2n) is 6.98. The SMILES string of the molecule is COc1cc(/C=C2\N=C(c3ccccc3Br)OC2=O)ccc1OC(=O)c1ccc(C)cc1. The normalized spacial score (nSPS) is 14.2. The number of methoxy groups -OCH3 is 1. The van der Waals surface area contributed by atoms with E-state index in [1.807, 2.05) is 37.3 Å². The number of hydrogen-bond donors (Lipinski definition) is 0. The van der Waals surface area contributed by atoms with E-state index in [-0.39, 0.29) is 17.3 Å². The predicted octanol–water partition coefficient (Wildman–Crippen LogP) is 5.33. The summed E-state index contributed by atoms with van der Waals surface area (Å²) in [6, 6.07) is 19.4. The number of hydrogen-bond acceptors (Lipinski definition) is 6. The lowest BCUT2D eigenvalue weighted by atomic mass is 10.1. The fraction of sp³-hybridized carbons (Fsp3) is 0.0800. The number of benzene rings is 3. The highest BCUT2D eigenvalue weighted by molar-refractivity contribution is 9.10. The Hall–Kier alpha value is -3.71. The van der Waals surface area contributed by atoms with Crippen LogP contribution in [0.3, 0.4) is 0 Å². The molecule has 160 valence electrons. The third-order valence-electron chi connectivity index (χ3n) is 4.71. The van der Waals surface area contributed by atoms with Crippen molar-refractivity contribution in [3.05, 3.63) is 99.2 Å². The van der Waals surface area contributed by atoms with Crippen molar-refractivity contribution in [3.8, 4) is 11.5 Å². The Morgan fingerprint density at radius 2 is 1.78 bits per heavy atom. The first-order chi connectivity index (χ1) is 15.4. The highest BCUT2D eigenvalue weighted by Crippen LogP contribution is 2.31. The summed E-state index contributed by atoms with van der Waals surface area (Å²) >= 11 is 3.43. The summed E-state index contributed by atoms with van der Waals surface area (Å²) in [6.45, 7) is 1.94. The average Bonchev–Trinajstić information content (AvgIpc) is 3.15. The van der Waals surface area contributed by atoms with Gasteiger partial charge in [-0.25, -0.2) is 14.6 Å². The maximum Gasteiger partial charge on any atom is 0.363 e. The maximum atomic E-state index is 12.4. The molecule has 0 radical (unpaired) electrons. The van der Waals surface area contributed by atoms with Gasteiger partial charge < -0.3 is 14.2 Å². The van der Waals surface area contributed by atoms with Gasteiger partial charge in [-0.2, -0.15) is 0 Å². The van der Waals surface area contributed by atoms with Gasteiger partial charge >= 0.3 is 11.9 Å². The van der Waals surface area contributed by atoms with Crippen LogP contribution in [0.25, 0.3) is 6.08 Å². The van der Waals surface area contributed by atoms with E-state index in [0.29, 0.717) is 22.4 Å². The predicted molar refractivity (Wildman–Crippen MR) is 124 cm³/mol. The van der Waals surface area contributed by atoms with Gasteiger partial charge in [-0.15, -0.1) is 0 Å². The summed E-state index contributed by atoms with van der Waals surface area (Å²) in [5.41, 5.74) is 2.96. The molecule has 1 heterocycles. The van der Waals surface area contributed by atoms with Crippen molar-refractivity contribution in [3.63, 3.8) is 0 Å². The summed E-state index contributed by atoms with van der Waals surface area (Å²) in [4.78, 5) is 29.0. The number of esters is 2. The molecule has 32 heavy (non-hydrogen) atoms. The molecule has 7 heteroatoms. The van der Waals surface area contributed by atoms with Crippen LogP contribution in [0.2, 0.25) is 0 Å². The molecule has 0 saturated heterocycles. The molecule has 0 amide bonds. The first kappa shape index (κ1) is 21.5. The number of aliphatic imine (C=N–C) groups is 1. The number of carbonyl (C=O) groups is 2. The van der Waals surface area contributed by atoms with Gasteiger partial charge in [0, 0.05) is 4.47 Å². The molecular weight excluding hydrogens is 474 g/mol. The van der Waals surface area contributed by atoms with Crippen LogP contribution in [0.1, 0.15) is 27.0 Å². The third kappa shape index (κ3) is 4.63. The minimum Gasteiger partial charge on any atom is -0.493 e. The van der Waals surface area contributed by atoms with Crippen LogP contribution in [0.4, 0.5) is 0 Å². The molecule has 3 aromatic rings. The Labute approximate surface area is 193 Å². The van der Waals surface area contributed by atoms with Gasteiger partial charge in [0.2, 0.25) is 5.90 Å². The van der Waals surface area contributed by atoms with Gasteiger partial charge in [-0.3, -0.25) is 0 Å². The van der Waals surface area contributed by atoms with E-state index in [1.165, 1.54) is 7.11 Å². The van der Waals surface area contributed by atoms with Crippen molar-refractivity contribution < 1.29 is 23.8 Å². The van der Waals surface area contributed by atoms with Crippen molar-refractivity contribution in [2.45, 2.75) is 6.92 Å². The second kappa shape index (κ2) is 9.20. The van der Waals surface area contributed by atoms with Gasteiger partial charge in [0.15, 0.2) is 17.2 Å². The fourth-order valence-electron chi connectivity index (χ4n) is 3.02. The Kier molecular flexibility index (Phi) is 6.18. The van der Waals surface area contributed by atoms with E-state index in [2.05, 4.69) is 20.9 Å². The van der Waals surface area contributed by atoms with Crippen molar-refractivity contribution in [2.24, 2.45) is 4.99 Å². The molecule has 0 fully saturated rings. The van der Waals surface area contributed by atoms with Gasteiger partial charge in [-0.05, 0) is 70.9 Å². The molecule has 0 bridgehead atoms. The van der Waals surface area contributed by atoms with Crippen molar-refractivity contribution in [2.75, 3.05) is 7.11 Å². The van der Waals surface area contributed by atoms with Crippen LogP contribution >= 0.6 is 15.9 Å². The largest absolute Gasteiger partial charge is 0.493 e. The molecule has 0 unspecified atom stereocenters. The van der Waals surface area contributed by atoms with E-state index in [9.17, 15) is 9.59 Å². The summed E-state index contributed by atoms with van der Waals surface area (Å²) < 4.78 is 17.0. The Morgan fingerprint density at radius 1 is 1.03 bits per heavy atom. The monoisotopic (exact) mass is 491 g/mol. The van der Waals surface area contributed by atoms with E-state index >= 15 is 0 Å². The molecule has 0 N–H and O–H groups in total. The number of ether oxygens (including phenoxy) is 3. The number of rotatable bonds is 5. The Balaban J connectivity index is 1.58. The summed E-state index contributed by atoms with van der Waals surface area (Å²) in [5, 5.41) is 0. The molecule has 0 aliphatic carbocycles. The zero-order valence-electron chi connectivity index (χ0n) is 17.3. The van der Waals surface area contributed by atoms with Gasteiger partial charge in [0.05, 0.1) is 18.2 Å². The summed E-state index contributed by atoms with van der Waals surface area (Å²) in [5.74, 6) is -0.196. The number of aryl methyl sites for hydroxylation is 1. The van der Waals surface area contributed by atoms with Crippen LogP contribution in [-0.4, -0.2) is 24.9 Å². The number of nitrogens with zero attached hydrogens (tertiary/aromatic N) is 1. The average molecular weight is 492 g/mol. The first-order valence-electron chi connectivity index (χ1n) is 9.69.